The van der Waals surface area contributed by atoms with Crippen molar-refractivity contribution >= 4 is 5.97 Å². The fraction of sp³-hybridized carbons (Fsp3) is 0.455. The maximum Gasteiger partial charge on any atom is 0.306 e. The average molecular weight is 274 g/mol. The summed E-state index contributed by atoms with van der Waals surface area (Å²) < 4.78 is 6.89. The number of hydrogen-bond donors (Lipinski definition) is 0. The normalized spacial score (nSPS) is 9.13. The van der Waals surface area contributed by atoms with E-state index in [0.717, 1.165) is 13.0 Å². The summed E-state index contributed by atoms with van der Waals surface area (Å²) in [7, 11) is 0. The van der Waals surface area contributed by atoms with Crippen molar-refractivity contribution in [1.29, 1.82) is 0 Å². The first-order valence-corrected chi connectivity index (χ1v) is 4.92. The average Bonchev–Trinajstić information content (AvgIpc) is 2.20. The van der Waals surface area contributed by atoms with E-state index in [9.17, 15) is 4.79 Å². The van der Waals surface area contributed by atoms with Crippen LogP contribution in [-0.4, -0.2) is 12.6 Å². The lowest BCUT2D eigenvalue weighted by atomic mass is 10.3. The fourth-order valence-corrected chi connectivity index (χ4v) is 1.22. The van der Waals surface area contributed by atoms with Crippen LogP contribution in [0.25, 0.3) is 0 Å². The molecule has 1 aromatic rings. The molecule has 0 bridgehead atoms. The van der Waals surface area contributed by atoms with Crippen LogP contribution >= 0.6 is 0 Å². The van der Waals surface area contributed by atoms with E-state index in [1.54, 1.807) is 0 Å². The van der Waals surface area contributed by atoms with Crippen LogP contribution in [-0.2, 0) is 16.1 Å². The summed E-state index contributed by atoms with van der Waals surface area (Å²) in [6, 6.07) is 5.93. The van der Waals surface area contributed by atoms with Gasteiger partial charge < -0.3 is 21.7 Å². The standard InChI is InChI=1S/C11H16NO2.BrH/c1-2-14-11(13)7-6-10-12-8-4-3-5-9-12;/h3-5,8-9H,2,6-7,10H2,1H3;1H/q+1;/p-1. The Hall–Kier alpha value is -0.900. The largest absolute Gasteiger partial charge is 1.00 e. The molecular weight excluding hydrogens is 258 g/mol. The minimum absolute atomic E-state index is 0. The summed E-state index contributed by atoms with van der Waals surface area (Å²) in [6.45, 7) is 3.15. The van der Waals surface area contributed by atoms with Crippen LogP contribution in [0, 0.1) is 0 Å². The third-order valence-electron chi connectivity index (χ3n) is 1.88. The van der Waals surface area contributed by atoms with Gasteiger partial charge in [0.2, 0.25) is 0 Å². The lowest BCUT2D eigenvalue weighted by Gasteiger charge is -1.99. The zero-order valence-electron chi connectivity index (χ0n) is 8.86. The predicted molar refractivity (Wildman–Crippen MR) is 52.5 cm³/mol. The number of nitrogens with zero attached hydrogens (tertiary/aromatic N) is 1. The molecule has 0 N–H and O–H groups in total. The molecule has 15 heavy (non-hydrogen) atoms. The van der Waals surface area contributed by atoms with Crippen LogP contribution in [0.2, 0.25) is 0 Å². The van der Waals surface area contributed by atoms with E-state index in [2.05, 4.69) is 4.57 Å². The van der Waals surface area contributed by atoms with Crippen molar-refractivity contribution in [2.24, 2.45) is 0 Å². The third-order valence-corrected chi connectivity index (χ3v) is 1.88. The van der Waals surface area contributed by atoms with Gasteiger partial charge in [-0.05, 0) is 6.92 Å². The van der Waals surface area contributed by atoms with E-state index in [-0.39, 0.29) is 23.0 Å². The molecule has 1 rings (SSSR count). The highest BCUT2D eigenvalue weighted by molar-refractivity contribution is 5.69. The summed E-state index contributed by atoms with van der Waals surface area (Å²) in [5.74, 6) is -0.107. The quantitative estimate of drug-likeness (QED) is 0.474. The summed E-state index contributed by atoms with van der Waals surface area (Å²) in [6.07, 6.45) is 5.31. The van der Waals surface area contributed by atoms with E-state index in [4.69, 9.17) is 4.74 Å². The lowest BCUT2D eigenvalue weighted by Crippen LogP contribution is -3.00. The molecule has 0 unspecified atom stereocenters. The summed E-state index contributed by atoms with van der Waals surface area (Å²) in [5.41, 5.74) is 0. The van der Waals surface area contributed by atoms with Gasteiger partial charge in [-0.25, -0.2) is 4.57 Å². The molecule has 0 saturated heterocycles. The maximum atomic E-state index is 11.0. The summed E-state index contributed by atoms with van der Waals surface area (Å²) in [4.78, 5) is 11.0. The number of carbonyl (C=O) groups excluding carboxylic acids is 1. The van der Waals surface area contributed by atoms with Gasteiger partial charge in [-0.15, -0.1) is 0 Å². The number of ether oxygens (including phenoxy) is 1. The van der Waals surface area contributed by atoms with Crippen molar-refractivity contribution in [1.82, 2.24) is 0 Å². The first-order valence-electron chi connectivity index (χ1n) is 4.92. The molecule has 0 aliphatic rings. The van der Waals surface area contributed by atoms with E-state index >= 15 is 0 Å². The zero-order chi connectivity index (χ0) is 10.2. The van der Waals surface area contributed by atoms with Crippen molar-refractivity contribution < 1.29 is 31.1 Å². The van der Waals surface area contributed by atoms with Gasteiger partial charge in [0.25, 0.3) is 0 Å². The van der Waals surface area contributed by atoms with Gasteiger partial charge in [-0.3, -0.25) is 4.79 Å². The van der Waals surface area contributed by atoms with Gasteiger partial charge in [0, 0.05) is 18.6 Å². The number of aromatic nitrogens is 1. The number of hydrogen-bond acceptors (Lipinski definition) is 2. The molecule has 4 heteroatoms. The molecule has 1 heterocycles. The smallest absolute Gasteiger partial charge is 0.306 e. The molecular formula is C11H16BrNO2. The molecule has 84 valence electrons. The van der Waals surface area contributed by atoms with E-state index < -0.39 is 0 Å². The number of carbonyl (C=O) groups is 1. The van der Waals surface area contributed by atoms with Crippen molar-refractivity contribution in [3.63, 3.8) is 0 Å². The van der Waals surface area contributed by atoms with Crippen LogP contribution in [0.1, 0.15) is 19.8 Å². The van der Waals surface area contributed by atoms with Gasteiger partial charge in [0.15, 0.2) is 12.4 Å². The molecule has 0 aromatic carbocycles. The van der Waals surface area contributed by atoms with Crippen molar-refractivity contribution in [3.8, 4) is 0 Å². The highest BCUT2D eigenvalue weighted by Gasteiger charge is 2.03. The van der Waals surface area contributed by atoms with Gasteiger partial charge in [0.05, 0.1) is 13.0 Å². The minimum Gasteiger partial charge on any atom is -1.00 e. The van der Waals surface area contributed by atoms with Crippen LogP contribution in [0.5, 0.6) is 0 Å². The van der Waals surface area contributed by atoms with Crippen LogP contribution < -0.4 is 21.5 Å². The van der Waals surface area contributed by atoms with Crippen molar-refractivity contribution in [3.05, 3.63) is 30.6 Å². The molecule has 0 spiro atoms. The number of esters is 1. The Bertz CT molecular complexity index is 277. The highest BCUT2D eigenvalue weighted by atomic mass is 79.9. The zero-order valence-corrected chi connectivity index (χ0v) is 10.4. The lowest BCUT2D eigenvalue weighted by molar-refractivity contribution is -0.697. The second-order valence-electron chi connectivity index (χ2n) is 3.02. The molecule has 0 radical (unpaired) electrons. The van der Waals surface area contributed by atoms with Crippen LogP contribution in [0.3, 0.4) is 0 Å². The Morgan fingerprint density at radius 2 is 1.93 bits per heavy atom. The molecule has 0 aliphatic heterocycles. The molecule has 0 aliphatic carbocycles. The summed E-state index contributed by atoms with van der Waals surface area (Å²) in [5, 5.41) is 0. The van der Waals surface area contributed by atoms with E-state index in [1.165, 1.54) is 0 Å². The van der Waals surface area contributed by atoms with E-state index in [1.807, 2.05) is 37.5 Å². The van der Waals surface area contributed by atoms with Gasteiger partial charge >= 0.3 is 5.97 Å². The number of halogens is 1. The Balaban J connectivity index is 0.00000196. The monoisotopic (exact) mass is 273 g/mol. The minimum atomic E-state index is -0.107. The fourth-order valence-electron chi connectivity index (χ4n) is 1.22. The molecule has 0 atom stereocenters. The number of pyridine rings is 1. The SMILES string of the molecule is CCOC(=O)CCC[n+]1ccccc1.[Br-]. The second kappa shape index (κ2) is 8.41. The predicted octanol–water partition coefficient (Wildman–Crippen LogP) is -1.68. The Morgan fingerprint density at radius 3 is 2.53 bits per heavy atom. The Labute approximate surface area is 101 Å². The molecule has 3 nitrogen and oxygen atoms in total. The van der Waals surface area contributed by atoms with Gasteiger partial charge in [0.1, 0.15) is 6.54 Å². The van der Waals surface area contributed by atoms with Gasteiger partial charge in [-0.1, -0.05) is 6.07 Å². The molecule has 1 aromatic heterocycles. The molecule has 0 saturated carbocycles. The van der Waals surface area contributed by atoms with Crippen molar-refractivity contribution in [2.75, 3.05) is 6.61 Å². The van der Waals surface area contributed by atoms with Crippen LogP contribution in [0.4, 0.5) is 0 Å². The summed E-state index contributed by atoms with van der Waals surface area (Å²) >= 11 is 0. The topological polar surface area (TPSA) is 30.2 Å². The maximum absolute atomic E-state index is 11.0. The number of aryl methyl sites for hydroxylation is 1. The van der Waals surface area contributed by atoms with E-state index in [0.29, 0.717) is 13.0 Å². The Morgan fingerprint density at radius 1 is 1.27 bits per heavy atom. The molecule has 0 fully saturated rings. The van der Waals surface area contributed by atoms with Gasteiger partial charge in [-0.2, -0.15) is 0 Å². The van der Waals surface area contributed by atoms with Crippen molar-refractivity contribution in [2.45, 2.75) is 26.3 Å². The van der Waals surface area contributed by atoms with Crippen LogP contribution in [0.15, 0.2) is 30.6 Å². The second-order valence-corrected chi connectivity index (χ2v) is 3.02. The highest BCUT2D eigenvalue weighted by Crippen LogP contribution is 1.92. The number of rotatable bonds is 5. The first-order chi connectivity index (χ1) is 6.83. The third kappa shape index (κ3) is 6.23. The Kier molecular flexibility index (Phi) is 7.91. The molecule has 0 amide bonds. The first kappa shape index (κ1) is 14.1.